The van der Waals surface area contributed by atoms with Crippen LogP contribution in [0.2, 0.25) is 0 Å². The Morgan fingerprint density at radius 1 is 1.46 bits per heavy atom. The van der Waals surface area contributed by atoms with Crippen molar-refractivity contribution >= 4 is 5.97 Å². The van der Waals surface area contributed by atoms with Crippen LogP contribution < -0.4 is 0 Å². The third-order valence-corrected chi connectivity index (χ3v) is 2.64. The fraction of sp³-hybridized carbons (Fsp3) is 0.667. The molecule has 0 aromatic carbocycles. The minimum absolute atomic E-state index is 0.339. The molecule has 4 nitrogen and oxygen atoms in total. The largest absolute Gasteiger partial charge is 0.480 e. The Morgan fingerprint density at radius 3 is 3.08 bits per heavy atom. The van der Waals surface area contributed by atoms with Gasteiger partial charge in [-0.3, -0.25) is 5.01 Å². The summed E-state index contributed by atoms with van der Waals surface area (Å²) in [5, 5.41) is 12.9. The monoisotopic (exact) mass is 182 g/mol. The molecule has 2 aliphatic heterocycles. The van der Waals surface area contributed by atoms with E-state index in [0.29, 0.717) is 0 Å². The lowest BCUT2D eigenvalue weighted by atomic mass is 10.2. The van der Waals surface area contributed by atoms with Gasteiger partial charge in [-0.25, -0.2) is 9.80 Å². The van der Waals surface area contributed by atoms with E-state index in [0.717, 1.165) is 32.4 Å². The third kappa shape index (κ3) is 1.54. The second-order valence-electron chi connectivity index (χ2n) is 3.50. The zero-order chi connectivity index (χ0) is 9.26. The van der Waals surface area contributed by atoms with Crippen molar-refractivity contribution in [2.24, 2.45) is 0 Å². The van der Waals surface area contributed by atoms with Crippen molar-refractivity contribution in [1.82, 2.24) is 10.0 Å². The predicted molar refractivity (Wildman–Crippen MR) is 47.8 cm³/mol. The molecule has 2 rings (SSSR count). The second kappa shape index (κ2) is 3.38. The van der Waals surface area contributed by atoms with Crippen molar-refractivity contribution in [3.8, 4) is 0 Å². The molecule has 1 atom stereocenters. The molecule has 0 aromatic rings. The maximum absolute atomic E-state index is 10.9. The number of fused-ring (bicyclic) bond motifs is 1. The number of hydrazine groups is 1. The number of nitrogens with zero attached hydrogens (tertiary/aromatic N) is 2. The van der Waals surface area contributed by atoms with Crippen molar-refractivity contribution < 1.29 is 9.90 Å². The van der Waals surface area contributed by atoms with Gasteiger partial charge in [-0.2, -0.15) is 0 Å². The fourth-order valence-corrected chi connectivity index (χ4v) is 1.95. The van der Waals surface area contributed by atoms with E-state index in [9.17, 15) is 4.79 Å². The first kappa shape index (κ1) is 8.56. The minimum Gasteiger partial charge on any atom is -0.480 e. The van der Waals surface area contributed by atoms with Crippen molar-refractivity contribution in [1.29, 1.82) is 0 Å². The number of hydrogen-bond acceptors (Lipinski definition) is 3. The van der Waals surface area contributed by atoms with E-state index in [1.807, 2.05) is 11.2 Å². The quantitative estimate of drug-likeness (QED) is 0.647. The van der Waals surface area contributed by atoms with Crippen LogP contribution in [0.25, 0.3) is 0 Å². The van der Waals surface area contributed by atoms with E-state index < -0.39 is 5.97 Å². The van der Waals surface area contributed by atoms with Crippen LogP contribution >= 0.6 is 0 Å². The molecule has 72 valence electrons. The highest BCUT2D eigenvalue weighted by atomic mass is 16.4. The summed E-state index contributed by atoms with van der Waals surface area (Å²) in [5.74, 6) is -0.714. The van der Waals surface area contributed by atoms with Crippen molar-refractivity contribution in [2.45, 2.75) is 25.3 Å². The molecule has 0 saturated carbocycles. The molecule has 0 radical (unpaired) electrons. The second-order valence-corrected chi connectivity index (χ2v) is 3.50. The topological polar surface area (TPSA) is 43.8 Å². The minimum atomic E-state index is -0.714. The molecule has 0 aliphatic carbocycles. The standard InChI is InChI=1S/C9H14N2O2/c12-9(13)8-4-7-10-5-2-1-3-6-11(8)10/h3,6,8H,1-2,4-5,7H2,(H,12,13). The Bertz CT molecular complexity index is 240. The molecule has 0 spiro atoms. The zero-order valence-corrected chi connectivity index (χ0v) is 7.52. The number of aliphatic carboxylic acids is 1. The van der Waals surface area contributed by atoms with Gasteiger partial charge in [-0.05, 0) is 19.3 Å². The van der Waals surface area contributed by atoms with Crippen LogP contribution in [0.4, 0.5) is 0 Å². The molecule has 0 aromatic heterocycles. The van der Waals surface area contributed by atoms with Crippen LogP contribution in [0.1, 0.15) is 19.3 Å². The number of carboxylic acid groups (broad SMARTS) is 1. The van der Waals surface area contributed by atoms with Gasteiger partial charge in [0.05, 0.1) is 0 Å². The average Bonchev–Trinajstić information content (AvgIpc) is 2.36. The van der Waals surface area contributed by atoms with Crippen molar-refractivity contribution in [3.63, 3.8) is 0 Å². The number of allylic oxidation sites excluding steroid dienone is 1. The molecule has 1 fully saturated rings. The van der Waals surface area contributed by atoms with Gasteiger partial charge in [-0.1, -0.05) is 6.08 Å². The van der Waals surface area contributed by atoms with Gasteiger partial charge in [0.1, 0.15) is 6.04 Å². The first-order valence-electron chi connectivity index (χ1n) is 4.72. The third-order valence-electron chi connectivity index (χ3n) is 2.64. The van der Waals surface area contributed by atoms with Gasteiger partial charge >= 0.3 is 5.97 Å². The molecule has 2 heterocycles. The average molecular weight is 182 g/mol. The molecule has 0 amide bonds. The highest BCUT2D eigenvalue weighted by Crippen LogP contribution is 2.21. The summed E-state index contributed by atoms with van der Waals surface area (Å²) in [4.78, 5) is 10.9. The van der Waals surface area contributed by atoms with Gasteiger partial charge < -0.3 is 5.11 Å². The van der Waals surface area contributed by atoms with E-state index in [-0.39, 0.29) is 6.04 Å². The molecule has 1 unspecified atom stereocenters. The van der Waals surface area contributed by atoms with Gasteiger partial charge in [-0.15, -0.1) is 0 Å². The van der Waals surface area contributed by atoms with E-state index >= 15 is 0 Å². The zero-order valence-electron chi connectivity index (χ0n) is 7.52. The summed E-state index contributed by atoms with van der Waals surface area (Å²) in [6, 6.07) is -0.339. The number of carbonyl (C=O) groups is 1. The maximum Gasteiger partial charge on any atom is 0.327 e. The highest BCUT2D eigenvalue weighted by Gasteiger charge is 2.34. The van der Waals surface area contributed by atoms with Crippen LogP contribution in [0.15, 0.2) is 12.3 Å². The van der Waals surface area contributed by atoms with E-state index in [1.54, 1.807) is 0 Å². The molecular formula is C9H14N2O2. The molecule has 1 saturated heterocycles. The predicted octanol–water partition coefficient (Wildman–Crippen LogP) is 0.670. The first-order valence-corrected chi connectivity index (χ1v) is 4.72. The smallest absolute Gasteiger partial charge is 0.327 e. The summed E-state index contributed by atoms with van der Waals surface area (Å²) >= 11 is 0. The lowest BCUT2D eigenvalue weighted by Gasteiger charge is -2.27. The van der Waals surface area contributed by atoms with E-state index in [1.165, 1.54) is 0 Å². The highest BCUT2D eigenvalue weighted by molar-refractivity contribution is 5.73. The van der Waals surface area contributed by atoms with E-state index in [2.05, 4.69) is 11.1 Å². The Hall–Kier alpha value is -1.03. The van der Waals surface area contributed by atoms with Gasteiger partial charge in [0.2, 0.25) is 0 Å². The Labute approximate surface area is 77.4 Å². The van der Waals surface area contributed by atoms with Crippen LogP contribution in [0, 0.1) is 0 Å². The summed E-state index contributed by atoms with van der Waals surface area (Å²) in [6.45, 7) is 1.86. The van der Waals surface area contributed by atoms with Crippen molar-refractivity contribution in [3.05, 3.63) is 12.3 Å². The van der Waals surface area contributed by atoms with Gasteiger partial charge in [0.25, 0.3) is 0 Å². The maximum atomic E-state index is 10.9. The summed E-state index contributed by atoms with van der Waals surface area (Å²) in [7, 11) is 0. The lowest BCUT2D eigenvalue weighted by molar-refractivity contribution is -0.144. The summed E-state index contributed by atoms with van der Waals surface area (Å²) < 4.78 is 0. The number of hydrogen-bond donors (Lipinski definition) is 1. The molecule has 13 heavy (non-hydrogen) atoms. The SMILES string of the molecule is O=C(O)C1CCN2CCCC=CN12. The Balaban J connectivity index is 2.14. The van der Waals surface area contributed by atoms with Crippen LogP contribution in [0.5, 0.6) is 0 Å². The van der Waals surface area contributed by atoms with Crippen LogP contribution in [-0.2, 0) is 4.79 Å². The normalized spacial score (nSPS) is 28.6. The van der Waals surface area contributed by atoms with Crippen LogP contribution in [-0.4, -0.2) is 40.2 Å². The number of rotatable bonds is 1. The summed E-state index contributed by atoms with van der Waals surface area (Å²) in [5.41, 5.74) is 0. The van der Waals surface area contributed by atoms with Gasteiger partial charge in [0.15, 0.2) is 0 Å². The molecule has 4 heteroatoms. The Morgan fingerprint density at radius 2 is 2.31 bits per heavy atom. The number of carboxylic acids is 1. The van der Waals surface area contributed by atoms with Gasteiger partial charge in [0, 0.05) is 19.3 Å². The van der Waals surface area contributed by atoms with Crippen molar-refractivity contribution in [2.75, 3.05) is 13.1 Å². The summed E-state index contributed by atoms with van der Waals surface area (Å²) in [6.07, 6.45) is 6.89. The molecular weight excluding hydrogens is 168 g/mol. The lowest BCUT2D eigenvalue weighted by Crippen LogP contribution is -2.40. The molecule has 0 bridgehead atoms. The first-order chi connectivity index (χ1) is 6.29. The fourth-order valence-electron chi connectivity index (χ4n) is 1.95. The molecule has 2 aliphatic rings. The Kier molecular flexibility index (Phi) is 2.22. The van der Waals surface area contributed by atoms with E-state index in [4.69, 9.17) is 5.11 Å². The molecule has 1 N–H and O–H groups in total. The van der Waals surface area contributed by atoms with Crippen LogP contribution in [0.3, 0.4) is 0 Å².